The monoisotopic (exact) mass is 572 g/mol. The number of benzene rings is 2. The molecule has 3 amide bonds. The molecule has 1 aliphatic carbocycles. The minimum Gasteiger partial charge on any atom is -0.495 e. The molecule has 0 radical (unpaired) electrons. The summed E-state index contributed by atoms with van der Waals surface area (Å²) in [6, 6.07) is 13.2. The first-order valence-corrected chi connectivity index (χ1v) is 13.8. The summed E-state index contributed by atoms with van der Waals surface area (Å²) >= 11 is 0. The van der Waals surface area contributed by atoms with E-state index in [-0.39, 0.29) is 48.7 Å². The number of carbonyl (C=O) groups excluding carboxylic acids is 3. The summed E-state index contributed by atoms with van der Waals surface area (Å²) in [4.78, 5) is 39.6. The minimum atomic E-state index is -0.363. The molecule has 1 heterocycles. The maximum Gasteiger partial charge on any atom is 0.323 e. The molecule has 1 atom stereocenters. The van der Waals surface area contributed by atoms with E-state index in [0.717, 1.165) is 68.4 Å². The molecule has 0 bridgehead atoms. The Balaban J connectivity index is 0.00000441. The van der Waals surface area contributed by atoms with Crippen LogP contribution in [-0.4, -0.2) is 62.2 Å². The van der Waals surface area contributed by atoms with Gasteiger partial charge in [0.15, 0.2) is 0 Å². The van der Waals surface area contributed by atoms with Crippen molar-refractivity contribution >= 4 is 41.7 Å². The highest BCUT2D eigenvalue weighted by Gasteiger charge is 2.31. The van der Waals surface area contributed by atoms with Crippen molar-refractivity contribution in [3.8, 4) is 5.75 Å². The molecular formula is C30H41ClN4O5. The lowest BCUT2D eigenvalue weighted by molar-refractivity contribution is -0.146. The van der Waals surface area contributed by atoms with E-state index < -0.39 is 0 Å². The molecule has 3 N–H and O–H groups in total. The number of urea groups is 1. The summed E-state index contributed by atoms with van der Waals surface area (Å²) in [5, 5.41) is 9.33. The second kappa shape index (κ2) is 14.9. The van der Waals surface area contributed by atoms with Crippen LogP contribution in [-0.2, 0) is 20.7 Å². The molecule has 1 saturated heterocycles. The highest BCUT2D eigenvalue weighted by molar-refractivity contribution is 6.01. The normalized spacial score (nSPS) is 20.3. The van der Waals surface area contributed by atoms with Crippen molar-refractivity contribution in [3.05, 3.63) is 53.6 Å². The fourth-order valence-corrected chi connectivity index (χ4v) is 5.59. The molecule has 4 rings (SSSR count). The van der Waals surface area contributed by atoms with Gasteiger partial charge < -0.3 is 30.3 Å². The Hall–Kier alpha value is -3.30. The van der Waals surface area contributed by atoms with Crippen molar-refractivity contribution in [2.75, 3.05) is 37.9 Å². The van der Waals surface area contributed by atoms with Gasteiger partial charge in [0.25, 0.3) is 0 Å². The van der Waals surface area contributed by atoms with Gasteiger partial charge in [-0.15, -0.1) is 12.4 Å². The van der Waals surface area contributed by atoms with Crippen molar-refractivity contribution in [2.24, 2.45) is 5.92 Å². The van der Waals surface area contributed by atoms with E-state index in [2.05, 4.69) is 16.0 Å². The van der Waals surface area contributed by atoms with Crippen molar-refractivity contribution in [2.45, 2.75) is 64.0 Å². The lowest BCUT2D eigenvalue weighted by Gasteiger charge is -2.31. The molecule has 1 aliphatic heterocycles. The fourth-order valence-electron chi connectivity index (χ4n) is 5.59. The van der Waals surface area contributed by atoms with Crippen LogP contribution in [0.1, 0.15) is 49.7 Å². The van der Waals surface area contributed by atoms with Crippen molar-refractivity contribution in [3.63, 3.8) is 0 Å². The van der Waals surface area contributed by atoms with Crippen molar-refractivity contribution in [1.29, 1.82) is 0 Å². The maximum absolute atomic E-state index is 13.3. The number of anilines is 2. The van der Waals surface area contributed by atoms with Gasteiger partial charge in [-0.2, -0.15) is 0 Å². The molecule has 1 unspecified atom stereocenters. The number of ether oxygens (including phenoxy) is 2. The van der Waals surface area contributed by atoms with Crippen molar-refractivity contribution in [1.82, 2.24) is 10.2 Å². The van der Waals surface area contributed by atoms with Gasteiger partial charge in [0, 0.05) is 30.9 Å². The summed E-state index contributed by atoms with van der Waals surface area (Å²) in [5.41, 5.74) is 3.07. The number of rotatable bonds is 9. The number of hydrogen-bond acceptors (Lipinski definition) is 6. The third-order valence-electron chi connectivity index (χ3n) is 7.86. The smallest absolute Gasteiger partial charge is 0.323 e. The van der Waals surface area contributed by atoms with Crippen LogP contribution in [0.2, 0.25) is 0 Å². The van der Waals surface area contributed by atoms with Gasteiger partial charge in [-0.05, 0) is 74.8 Å². The largest absolute Gasteiger partial charge is 0.495 e. The first-order valence-electron chi connectivity index (χ1n) is 13.8. The Morgan fingerprint density at radius 3 is 2.38 bits per heavy atom. The van der Waals surface area contributed by atoms with E-state index in [1.165, 1.54) is 7.11 Å². The number of nitrogens with one attached hydrogen (secondary N) is 3. The van der Waals surface area contributed by atoms with E-state index in [1.54, 1.807) is 13.2 Å². The van der Waals surface area contributed by atoms with E-state index >= 15 is 0 Å². The van der Waals surface area contributed by atoms with Gasteiger partial charge in [0.2, 0.25) is 5.91 Å². The summed E-state index contributed by atoms with van der Waals surface area (Å²) in [6.07, 6.45) is 5.84. The highest BCUT2D eigenvalue weighted by atomic mass is 35.5. The van der Waals surface area contributed by atoms with Crippen LogP contribution in [0.3, 0.4) is 0 Å². The van der Waals surface area contributed by atoms with Crippen LogP contribution in [0.5, 0.6) is 5.75 Å². The van der Waals surface area contributed by atoms with Crippen LogP contribution < -0.4 is 20.7 Å². The Morgan fingerprint density at radius 2 is 1.68 bits per heavy atom. The third kappa shape index (κ3) is 8.11. The molecule has 9 nitrogen and oxygen atoms in total. The molecule has 0 aromatic heterocycles. The predicted molar refractivity (Wildman–Crippen MR) is 158 cm³/mol. The summed E-state index contributed by atoms with van der Waals surface area (Å²) in [6.45, 7) is 3.46. The van der Waals surface area contributed by atoms with Crippen LogP contribution in [0.25, 0.3) is 0 Å². The SMILES string of the molecule is COC(=O)C1CCC(NCC2CCCN2C(=O)Cc2ccc(NC(=O)Nc3ccccc3C)c(OC)c2)CC1.Cl. The van der Waals surface area contributed by atoms with Crippen LogP contribution in [0, 0.1) is 12.8 Å². The number of aryl methyl sites for hydroxylation is 1. The number of likely N-dealkylation sites (tertiary alicyclic amines) is 1. The highest BCUT2D eigenvalue weighted by Crippen LogP contribution is 2.28. The van der Waals surface area contributed by atoms with E-state index in [9.17, 15) is 14.4 Å². The quantitative estimate of drug-likeness (QED) is 0.368. The van der Waals surface area contributed by atoms with Gasteiger partial charge >= 0.3 is 12.0 Å². The number of halogens is 1. The van der Waals surface area contributed by atoms with Gasteiger partial charge in [-0.1, -0.05) is 24.3 Å². The summed E-state index contributed by atoms with van der Waals surface area (Å²) in [5.74, 6) is 0.502. The lowest BCUT2D eigenvalue weighted by atomic mass is 9.86. The zero-order valence-corrected chi connectivity index (χ0v) is 24.4. The summed E-state index contributed by atoms with van der Waals surface area (Å²) in [7, 11) is 3.00. The number of hydrogen-bond donors (Lipinski definition) is 3. The number of carbonyl (C=O) groups is 3. The van der Waals surface area contributed by atoms with Crippen LogP contribution in [0.4, 0.5) is 16.2 Å². The van der Waals surface area contributed by atoms with Crippen LogP contribution in [0.15, 0.2) is 42.5 Å². The fraction of sp³-hybridized carbons (Fsp3) is 0.500. The number of esters is 1. The molecular weight excluding hydrogens is 532 g/mol. The summed E-state index contributed by atoms with van der Waals surface area (Å²) < 4.78 is 10.4. The predicted octanol–water partition coefficient (Wildman–Crippen LogP) is 4.92. The number of para-hydroxylation sites is 1. The molecule has 2 aromatic carbocycles. The van der Waals surface area contributed by atoms with E-state index in [0.29, 0.717) is 17.5 Å². The Bertz CT molecular complexity index is 1170. The average Bonchev–Trinajstić information content (AvgIpc) is 3.43. The second-order valence-electron chi connectivity index (χ2n) is 10.5. The number of methoxy groups -OCH3 is 2. The Kier molecular flexibility index (Phi) is 11.6. The Morgan fingerprint density at radius 1 is 0.950 bits per heavy atom. The maximum atomic E-state index is 13.3. The lowest BCUT2D eigenvalue weighted by Crippen LogP contribution is -2.45. The van der Waals surface area contributed by atoms with Gasteiger partial charge in [0.1, 0.15) is 5.75 Å². The Labute approximate surface area is 242 Å². The second-order valence-corrected chi connectivity index (χ2v) is 10.5. The zero-order valence-electron chi connectivity index (χ0n) is 23.5. The molecule has 40 heavy (non-hydrogen) atoms. The van der Waals surface area contributed by atoms with E-state index in [4.69, 9.17) is 9.47 Å². The molecule has 0 spiro atoms. The van der Waals surface area contributed by atoms with Crippen LogP contribution >= 0.6 is 12.4 Å². The van der Waals surface area contributed by atoms with E-state index in [1.807, 2.05) is 48.2 Å². The van der Waals surface area contributed by atoms with Gasteiger partial charge in [-0.25, -0.2) is 4.79 Å². The van der Waals surface area contributed by atoms with Gasteiger partial charge in [-0.3, -0.25) is 9.59 Å². The standard InChI is InChI=1S/C30H40N4O5.ClH/c1-20-7-4-5-9-25(20)32-30(37)33-26-15-10-21(17-27(26)38-2)18-28(35)34-16-6-8-24(34)19-31-23-13-11-22(12-14-23)29(36)39-3;/h4-5,7,9-10,15,17,22-24,31H,6,8,11-14,16,18-19H2,1-3H3,(H2,32,33,37);1H. The first-order chi connectivity index (χ1) is 18.9. The minimum absolute atomic E-state index is 0. The van der Waals surface area contributed by atoms with Gasteiger partial charge in [0.05, 0.1) is 32.2 Å². The first kappa shape index (κ1) is 31.2. The molecule has 2 aliphatic rings. The number of amides is 3. The average molecular weight is 573 g/mol. The molecule has 218 valence electrons. The topological polar surface area (TPSA) is 109 Å². The molecule has 2 fully saturated rings. The molecule has 10 heteroatoms. The molecule has 1 saturated carbocycles. The molecule has 2 aromatic rings. The number of nitrogens with zero attached hydrogens (tertiary/aromatic N) is 1. The third-order valence-corrected chi connectivity index (χ3v) is 7.86. The van der Waals surface area contributed by atoms with Crippen molar-refractivity contribution < 1.29 is 23.9 Å². The zero-order chi connectivity index (χ0) is 27.8.